The molecule has 2 amide bonds. The zero-order valence-corrected chi connectivity index (χ0v) is 19.7. The number of hydrogen-bond acceptors (Lipinski definition) is 6. The number of piperazine rings is 1. The zero-order chi connectivity index (χ0) is 24.4. The van der Waals surface area contributed by atoms with Crippen LogP contribution in [-0.2, 0) is 4.79 Å². The highest BCUT2D eigenvalue weighted by Crippen LogP contribution is 2.30. The fourth-order valence-electron chi connectivity index (χ4n) is 3.91. The molecule has 8 nitrogen and oxygen atoms in total. The molecule has 2 N–H and O–H groups in total. The molecule has 0 aliphatic carbocycles. The van der Waals surface area contributed by atoms with Gasteiger partial charge in [0.1, 0.15) is 0 Å². The van der Waals surface area contributed by atoms with Crippen LogP contribution < -0.4 is 15.5 Å². The number of hydrogen-bond donors (Lipinski definition) is 2. The van der Waals surface area contributed by atoms with E-state index in [0.29, 0.717) is 46.7 Å². The molecule has 0 bridgehead atoms. The lowest BCUT2D eigenvalue weighted by molar-refractivity contribution is -0.120. The quantitative estimate of drug-likeness (QED) is 0.428. The fraction of sp³-hybridized carbons (Fsp3) is 0.154. The fourth-order valence-corrected chi connectivity index (χ4v) is 4.21. The highest BCUT2D eigenvalue weighted by Gasteiger charge is 2.19. The van der Waals surface area contributed by atoms with Gasteiger partial charge < -0.3 is 20.0 Å². The van der Waals surface area contributed by atoms with Gasteiger partial charge in [-0.1, -0.05) is 29.8 Å². The largest absolute Gasteiger partial charge is 0.416 e. The summed E-state index contributed by atoms with van der Waals surface area (Å²) in [5.74, 6) is 0.512. The standard InChI is InChI=1S/C26H22ClN5O3/c1-16-4-2-3-5-20(16)26-31-30-25(35-26)18-8-6-17(7-9-18)24(34)29-19-10-11-22(21(27)14-19)32-13-12-28-23(33)15-32/h2-11,14H,12-13,15H2,1H3,(H,28,33)(H,29,34). The molecule has 1 fully saturated rings. The first-order valence-electron chi connectivity index (χ1n) is 11.1. The van der Waals surface area contributed by atoms with Gasteiger partial charge in [0.15, 0.2) is 0 Å². The Balaban J connectivity index is 1.27. The molecule has 1 aliphatic rings. The molecule has 3 aromatic carbocycles. The molecular formula is C26H22ClN5O3. The van der Waals surface area contributed by atoms with Gasteiger partial charge >= 0.3 is 0 Å². The van der Waals surface area contributed by atoms with E-state index < -0.39 is 0 Å². The van der Waals surface area contributed by atoms with Gasteiger partial charge in [0.05, 0.1) is 17.3 Å². The first kappa shape index (κ1) is 22.6. The van der Waals surface area contributed by atoms with Gasteiger partial charge in [-0.3, -0.25) is 9.59 Å². The Bertz CT molecular complexity index is 1400. The molecule has 1 saturated heterocycles. The Labute approximate surface area is 206 Å². The van der Waals surface area contributed by atoms with Crippen LogP contribution in [0, 0.1) is 6.92 Å². The molecule has 176 valence electrons. The maximum absolute atomic E-state index is 12.8. The van der Waals surface area contributed by atoms with Crippen molar-refractivity contribution < 1.29 is 14.0 Å². The van der Waals surface area contributed by atoms with Crippen LogP contribution in [0.15, 0.2) is 71.1 Å². The Kier molecular flexibility index (Phi) is 6.20. The average Bonchev–Trinajstić information content (AvgIpc) is 3.34. The Hall–Kier alpha value is -4.17. The molecule has 4 aromatic rings. The molecule has 1 aromatic heterocycles. The van der Waals surface area contributed by atoms with Crippen molar-refractivity contribution >= 4 is 34.8 Å². The topological polar surface area (TPSA) is 100 Å². The molecule has 0 atom stereocenters. The van der Waals surface area contributed by atoms with Gasteiger partial charge in [0.25, 0.3) is 5.91 Å². The smallest absolute Gasteiger partial charge is 0.255 e. The third-order valence-corrected chi connectivity index (χ3v) is 6.08. The lowest BCUT2D eigenvalue weighted by Gasteiger charge is -2.29. The van der Waals surface area contributed by atoms with Gasteiger partial charge in [-0.25, -0.2) is 0 Å². The van der Waals surface area contributed by atoms with Crippen molar-refractivity contribution in [2.24, 2.45) is 0 Å². The number of benzene rings is 3. The van der Waals surface area contributed by atoms with Gasteiger partial charge in [0, 0.05) is 35.5 Å². The number of halogens is 1. The van der Waals surface area contributed by atoms with Crippen molar-refractivity contribution in [1.82, 2.24) is 15.5 Å². The molecule has 0 saturated carbocycles. The van der Waals surface area contributed by atoms with Crippen molar-refractivity contribution in [1.29, 1.82) is 0 Å². The van der Waals surface area contributed by atoms with Crippen molar-refractivity contribution in [2.75, 3.05) is 29.9 Å². The van der Waals surface area contributed by atoms with E-state index in [1.807, 2.05) is 36.1 Å². The summed E-state index contributed by atoms with van der Waals surface area (Å²) in [4.78, 5) is 26.3. The zero-order valence-electron chi connectivity index (χ0n) is 18.9. The van der Waals surface area contributed by atoms with E-state index in [1.165, 1.54) is 0 Å². The van der Waals surface area contributed by atoms with Crippen LogP contribution in [-0.4, -0.2) is 41.6 Å². The maximum atomic E-state index is 12.8. The van der Waals surface area contributed by atoms with E-state index in [1.54, 1.807) is 42.5 Å². The van der Waals surface area contributed by atoms with Crippen LogP contribution in [0.4, 0.5) is 11.4 Å². The molecule has 0 spiro atoms. The van der Waals surface area contributed by atoms with Crippen LogP contribution in [0.3, 0.4) is 0 Å². The van der Waals surface area contributed by atoms with E-state index in [4.69, 9.17) is 16.0 Å². The summed E-state index contributed by atoms with van der Waals surface area (Å²) >= 11 is 6.44. The van der Waals surface area contributed by atoms with Crippen molar-refractivity contribution in [3.63, 3.8) is 0 Å². The molecule has 0 radical (unpaired) electrons. The highest BCUT2D eigenvalue weighted by atomic mass is 35.5. The predicted molar refractivity (Wildman–Crippen MR) is 135 cm³/mol. The minimum absolute atomic E-state index is 0.0416. The van der Waals surface area contributed by atoms with E-state index in [-0.39, 0.29) is 18.4 Å². The van der Waals surface area contributed by atoms with Crippen molar-refractivity contribution in [3.8, 4) is 22.9 Å². The van der Waals surface area contributed by atoms with E-state index in [9.17, 15) is 9.59 Å². The number of rotatable bonds is 5. The number of nitrogens with zero attached hydrogens (tertiary/aromatic N) is 3. The van der Waals surface area contributed by atoms with Gasteiger partial charge in [-0.2, -0.15) is 0 Å². The summed E-state index contributed by atoms with van der Waals surface area (Å²) in [7, 11) is 0. The number of amides is 2. The molecule has 2 heterocycles. The number of carbonyl (C=O) groups is 2. The number of carbonyl (C=O) groups excluding carboxylic acids is 2. The number of nitrogens with one attached hydrogen (secondary N) is 2. The van der Waals surface area contributed by atoms with Gasteiger partial charge in [0.2, 0.25) is 17.7 Å². The third kappa shape index (κ3) is 4.88. The molecule has 1 aliphatic heterocycles. The predicted octanol–water partition coefficient (Wildman–Crippen LogP) is 4.55. The summed E-state index contributed by atoms with van der Waals surface area (Å²) in [5, 5.41) is 14.4. The molecule has 35 heavy (non-hydrogen) atoms. The lowest BCUT2D eigenvalue weighted by Crippen LogP contribution is -2.47. The molecule has 9 heteroatoms. The van der Waals surface area contributed by atoms with Crippen LogP contribution >= 0.6 is 11.6 Å². The SMILES string of the molecule is Cc1ccccc1-c1nnc(-c2ccc(C(=O)Nc3ccc(N4CCNC(=O)C4)c(Cl)c3)cc2)o1. The molecular weight excluding hydrogens is 466 g/mol. The van der Waals surface area contributed by atoms with Gasteiger partial charge in [-0.15, -0.1) is 10.2 Å². The van der Waals surface area contributed by atoms with Crippen LogP contribution in [0.25, 0.3) is 22.9 Å². The van der Waals surface area contributed by atoms with Crippen LogP contribution in [0.5, 0.6) is 0 Å². The van der Waals surface area contributed by atoms with E-state index in [0.717, 1.165) is 16.8 Å². The minimum atomic E-state index is -0.274. The summed E-state index contributed by atoms with van der Waals surface area (Å²) in [6.45, 7) is 3.49. The summed E-state index contributed by atoms with van der Waals surface area (Å²) in [5.41, 5.74) is 4.44. The Morgan fingerprint density at radius 2 is 1.83 bits per heavy atom. The number of anilines is 2. The third-order valence-electron chi connectivity index (χ3n) is 5.78. The summed E-state index contributed by atoms with van der Waals surface area (Å²) < 4.78 is 5.85. The monoisotopic (exact) mass is 487 g/mol. The Morgan fingerprint density at radius 3 is 2.57 bits per heavy atom. The second kappa shape index (κ2) is 9.60. The number of aryl methyl sites for hydroxylation is 1. The summed E-state index contributed by atoms with van der Waals surface area (Å²) in [6, 6.07) is 20.0. The average molecular weight is 488 g/mol. The Morgan fingerprint density at radius 1 is 1.06 bits per heavy atom. The molecule has 0 unspecified atom stereocenters. The van der Waals surface area contributed by atoms with Crippen LogP contribution in [0.2, 0.25) is 5.02 Å². The highest BCUT2D eigenvalue weighted by molar-refractivity contribution is 6.33. The second-order valence-corrected chi connectivity index (χ2v) is 8.60. The van der Waals surface area contributed by atoms with E-state index in [2.05, 4.69) is 20.8 Å². The maximum Gasteiger partial charge on any atom is 0.255 e. The second-order valence-electron chi connectivity index (χ2n) is 8.20. The lowest BCUT2D eigenvalue weighted by atomic mass is 10.1. The minimum Gasteiger partial charge on any atom is -0.416 e. The van der Waals surface area contributed by atoms with E-state index >= 15 is 0 Å². The normalized spacial score (nSPS) is 13.4. The number of aromatic nitrogens is 2. The first-order valence-corrected chi connectivity index (χ1v) is 11.5. The molecule has 5 rings (SSSR count). The van der Waals surface area contributed by atoms with Crippen molar-refractivity contribution in [2.45, 2.75) is 6.92 Å². The first-order chi connectivity index (χ1) is 17.0. The van der Waals surface area contributed by atoms with Crippen molar-refractivity contribution in [3.05, 3.63) is 82.9 Å². The van der Waals surface area contributed by atoms with Crippen LogP contribution in [0.1, 0.15) is 15.9 Å². The van der Waals surface area contributed by atoms with Gasteiger partial charge in [-0.05, 0) is 61.0 Å². The summed E-state index contributed by atoms with van der Waals surface area (Å²) in [6.07, 6.45) is 0.